The van der Waals surface area contributed by atoms with Gasteiger partial charge in [0.1, 0.15) is 6.04 Å². The third-order valence-corrected chi connectivity index (χ3v) is 7.14. The number of nitrogens with zero attached hydrogens (tertiary/aromatic N) is 2. The highest BCUT2D eigenvalue weighted by atomic mass is 16.2. The van der Waals surface area contributed by atoms with Crippen molar-refractivity contribution in [1.82, 2.24) is 15.1 Å². The van der Waals surface area contributed by atoms with Gasteiger partial charge in [0.05, 0.1) is 11.8 Å². The quantitative estimate of drug-likeness (QED) is 0.435. The number of likely N-dealkylation sites (tertiary alicyclic amines) is 1. The van der Waals surface area contributed by atoms with Crippen molar-refractivity contribution in [3.05, 3.63) is 83.4 Å². The Labute approximate surface area is 212 Å². The number of nitrogens with one attached hydrogen (secondary N) is 1. The van der Waals surface area contributed by atoms with Crippen LogP contribution in [0.5, 0.6) is 0 Å². The fourth-order valence-electron chi connectivity index (χ4n) is 5.05. The van der Waals surface area contributed by atoms with Crippen LogP contribution in [0.4, 0.5) is 0 Å². The molecule has 0 bridgehead atoms. The van der Waals surface area contributed by atoms with E-state index in [1.165, 1.54) is 4.90 Å². The number of imide groups is 1. The Morgan fingerprint density at radius 2 is 1.56 bits per heavy atom. The van der Waals surface area contributed by atoms with Gasteiger partial charge in [0.2, 0.25) is 23.6 Å². The first-order chi connectivity index (χ1) is 17.4. The van der Waals surface area contributed by atoms with Gasteiger partial charge in [0.15, 0.2) is 0 Å². The van der Waals surface area contributed by atoms with Crippen molar-refractivity contribution in [3.8, 4) is 0 Å². The van der Waals surface area contributed by atoms with Crippen LogP contribution in [0, 0.1) is 18.8 Å². The Morgan fingerprint density at radius 3 is 2.14 bits per heavy atom. The van der Waals surface area contributed by atoms with E-state index in [0.29, 0.717) is 19.3 Å². The van der Waals surface area contributed by atoms with Gasteiger partial charge in [-0.05, 0) is 30.9 Å². The Bertz CT molecular complexity index is 1120. The molecule has 7 heteroatoms. The summed E-state index contributed by atoms with van der Waals surface area (Å²) in [7, 11) is 1.56. The maximum absolute atomic E-state index is 13.6. The number of allylic oxidation sites excluding steroid dienone is 2. The molecule has 1 unspecified atom stereocenters. The first-order valence-electron chi connectivity index (χ1n) is 12.5. The monoisotopic (exact) mass is 487 g/mol. The third-order valence-electron chi connectivity index (χ3n) is 7.14. The SMILES string of the molecule is CNC(=O)C(Cc1ccccc1)N(Cc1ccc(C)cc1)C(=O)CCN1C(=O)[C@H]2CC=CC[C@H]2C1=O. The average molecular weight is 488 g/mol. The number of amides is 4. The minimum absolute atomic E-state index is 0.0275. The molecule has 0 spiro atoms. The maximum atomic E-state index is 13.6. The third kappa shape index (κ3) is 5.56. The molecule has 1 fully saturated rings. The van der Waals surface area contributed by atoms with E-state index in [4.69, 9.17) is 0 Å². The lowest BCUT2D eigenvalue weighted by atomic mass is 9.85. The lowest BCUT2D eigenvalue weighted by Gasteiger charge is -2.31. The first kappa shape index (κ1) is 25.4. The minimum atomic E-state index is -0.733. The summed E-state index contributed by atoms with van der Waals surface area (Å²) in [6.45, 7) is 2.27. The van der Waals surface area contributed by atoms with Crippen molar-refractivity contribution in [2.45, 2.75) is 45.2 Å². The van der Waals surface area contributed by atoms with E-state index < -0.39 is 6.04 Å². The molecule has 0 radical (unpaired) electrons. The largest absolute Gasteiger partial charge is 0.357 e. The molecule has 1 saturated heterocycles. The molecule has 2 aliphatic rings. The molecule has 1 N–H and O–H groups in total. The normalized spacial score (nSPS) is 19.7. The smallest absolute Gasteiger partial charge is 0.242 e. The zero-order valence-corrected chi connectivity index (χ0v) is 20.9. The van der Waals surface area contributed by atoms with Crippen LogP contribution in [0.3, 0.4) is 0 Å². The molecular weight excluding hydrogens is 454 g/mol. The summed E-state index contributed by atoms with van der Waals surface area (Å²) < 4.78 is 0. The first-order valence-corrected chi connectivity index (χ1v) is 12.5. The molecule has 36 heavy (non-hydrogen) atoms. The molecule has 2 aromatic rings. The molecule has 0 aromatic heterocycles. The minimum Gasteiger partial charge on any atom is -0.357 e. The van der Waals surface area contributed by atoms with E-state index in [1.54, 1.807) is 11.9 Å². The van der Waals surface area contributed by atoms with Gasteiger partial charge in [-0.3, -0.25) is 24.1 Å². The van der Waals surface area contributed by atoms with E-state index in [0.717, 1.165) is 16.7 Å². The second kappa shape index (κ2) is 11.3. The van der Waals surface area contributed by atoms with Crippen LogP contribution in [-0.2, 0) is 32.1 Å². The van der Waals surface area contributed by atoms with Crippen molar-refractivity contribution in [3.63, 3.8) is 0 Å². The molecule has 3 atom stereocenters. The van der Waals surface area contributed by atoms with Crippen LogP contribution in [0.1, 0.15) is 36.0 Å². The molecule has 0 saturated carbocycles. The van der Waals surface area contributed by atoms with Gasteiger partial charge in [0.25, 0.3) is 0 Å². The van der Waals surface area contributed by atoms with Crippen molar-refractivity contribution in [1.29, 1.82) is 0 Å². The van der Waals surface area contributed by atoms with Crippen molar-refractivity contribution in [2.24, 2.45) is 11.8 Å². The summed E-state index contributed by atoms with van der Waals surface area (Å²) >= 11 is 0. The molecule has 188 valence electrons. The molecule has 4 amide bonds. The summed E-state index contributed by atoms with van der Waals surface area (Å²) in [6.07, 6.45) is 5.35. The zero-order chi connectivity index (χ0) is 25.7. The van der Waals surface area contributed by atoms with Crippen LogP contribution in [0.2, 0.25) is 0 Å². The molecule has 1 aliphatic carbocycles. The second-order valence-corrected chi connectivity index (χ2v) is 9.56. The number of fused-ring (bicyclic) bond motifs is 1. The van der Waals surface area contributed by atoms with Crippen molar-refractivity contribution in [2.75, 3.05) is 13.6 Å². The summed E-state index contributed by atoms with van der Waals surface area (Å²) in [5, 5.41) is 2.70. The van der Waals surface area contributed by atoms with E-state index in [-0.39, 0.29) is 55.0 Å². The fraction of sp³-hybridized carbons (Fsp3) is 0.379. The van der Waals surface area contributed by atoms with Crippen LogP contribution in [0.15, 0.2) is 66.7 Å². The van der Waals surface area contributed by atoms with Gasteiger partial charge >= 0.3 is 0 Å². The van der Waals surface area contributed by atoms with Crippen LogP contribution >= 0.6 is 0 Å². The highest BCUT2D eigenvalue weighted by Crippen LogP contribution is 2.35. The number of benzene rings is 2. The predicted octanol–water partition coefficient (Wildman–Crippen LogP) is 3.02. The Morgan fingerprint density at radius 1 is 0.944 bits per heavy atom. The molecule has 1 heterocycles. The molecule has 1 aliphatic heterocycles. The zero-order valence-electron chi connectivity index (χ0n) is 20.9. The van der Waals surface area contributed by atoms with E-state index >= 15 is 0 Å². The van der Waals surface area contributed by atoms with Gasteiger partial charge in [0, 0.05) is 33.0 Å². The highest BCUT2D eigenvalue weighted by Gasteiger charge is 2.47. The Kier molecular flexibility index (Phi) is 7.98. The second-order valence-electron chi connectivity index (χ2n) is 9.56. The Hall–Kier alpha value is -3.74. The summed E-state index contributed by atoms with van der Waals surface area (Å²) in [5.41, 5.74) is 2.95. The molecule has 4 rings (SSSR count). The fourth-order valence-corrected chi connectivity index (χ4v) is 5.05. The lowest BCUT2D eigenvalue weighted by molar-refractivity contribution is -0.144. The lowest BCUT2D eigenvalue weighted by Crippen LogP contribution is -2.50. The van der Waals surface area contributed by atoms with Crippen molar-refractivity contribution < 1.29 is 19.2 Å². The number of carbonyl (C=O) groups is 4. The summed E-state index contributed by atoms with van der Waals surface area (Å²) in [6, 6.07) is 16.7. The average Bonchev–Trinajstić information content (AvgIpc) is 3.15. The predicted molar refractivity (Wildman–Crippen MR) is 136 cm³/mol. The van der Waals surface area contributed by atoms with E-state index in [2.05, 4.69) is 5.32 Å². The van der Waals surface area contributed by atoms with Gasteiger partial charge in [-0.25, -0.2) is 0 Å². The van der Waals surface area contributed by atoms with Crippen LogP contribution in [-0.4, -0.2) is 53.1 Å². The van der Waals surface area contributed by atoms with Gasteiger partial charge in [-0.15, -0.1) is 0 Å². The number of carbonyl (C=O) groups excluding carboxylic acids is 4. The van der Waals surface area contributed by atoms with Crippen molar-refractivity contribution >= 4 is 23.6 Å². The number of hydrogen-bond donors (Lipinski definition) is 1. The number of hydrogen-bond acceptors (Lipinski definition) is 4. The standard InChI is InChI=1S/C29H33N3O4/c1-20-12-14-22(15-13-20)19-32(25(27(34)30-2)18-21-8-4-3-5-9-21)26(33)16-17-31-28(35)23-10-6-7-11-24(23)29(31)36/h3-9,12-15,23-25H,10-11,16-19H2,1-2H3,(H,30,34)/t23-,24+,25?. The number of rotatable bonds is 9. The van der Waals surface area contributed by atoms with E-state index in [1.807, 2.05) is 73.7 Å². The molecular formula is C29H33N3O4. The topological polar surface area (TPSA) is 86.8 Å². The van der Waals surface area contributed by atoms with E-state index in [9.17, 15) is 19.2 Å². The van der Waals surface area contributed by atoms with Gasteiger partial charge in [-0.1, -0.05) is 72.3 Å². The highest BCUT2D eigenvalue weighted by molar-refractivity contribution is 6.05. The van der Waals surface area contributed by atoms with Gasteiger partial charge < -0.3 is 10.2 Å². The van der Waals surface area contributed by atoms with Crippen LogP contribution < -0.4 is 5.32 Å². The van der Waals surface area contributed by atoms with Gasteiger partial charge in [-0.2, -0.15) is 0 Å². The molecule has 2 aromatic carbocycles. The number of likely N-dealkylation sites (N-methyl/N-ethyl adjacent to an activating group) is 1. The maximum Gasteiger partial charge on any atom is 0.242 e. The molecule has 7 nitrogen and oxygen atoms in total. The summed E-state index contributed by atoms with van der Waals surface area (Å²) in [4.78, 5) is 55.2. The summed E-state index contributed by atoms with van der Waals surface area (Å²) in [5.74, 6) is -1.56. The van der Waals surface area contributed by atoms with Crippen LogP contribution in [0.25, 0.3) is 0 Å². The number of aryl methyl sites for hydroxylation is 1. The Balaban J connectivity index is 1.55.